The molecule has 0 aliphatic rings. The molecule has 0 saturated heterocycles. The maximum absolute atomic E-state index is 13.1. The second-order valence-electron chi connectivity index (χ2n) is 5.27. The Hall–Kier alpha value is -3.53. The molecule has 2 aromatic rings. The summed E-state index contributed by atoms with van der Waals surface area (Å²) in [6, 6.07) is 6.34. The fraction of sp³-hybridized carbons (Fsp3) is 0.118. The van der Waals surface area contributed by atoms with E-state index in [0.29, 0.717) is 0 Å². The van der Waals surface area contributed by atoms with E-state index in [1.54, 1.807) is 0 Å². The molecule has 0 fully saturated rings. The number of esters is 2. The number of nitro benzene ring substituents is 1. The van der Waals surface area contributed by atoms with Crippen molar-refractivity contribution < 1.29 is 33.2 Å². The number of nitrogens with one attached hydrogen (secondary N) is 1. The van der Waals surface area contributed by atoms with Gasteiger partial charge >= 0.3 is 11.9 Å². The zero-order valence-electron chi connectivity index (χ0n) is 14.2. The number of carbonyl (C=O) groups is 3. The first-order chi connectivity index (χ1) is 13.2. The van der Waals surface area contributed by atoms with Gasteiger partial charge in [0.25, 0.3) is 11.6 Å². The molecule has 0 saturated carbocycles. The van der Waals surface area contributed by atoms with Crippen LogP contribution in [0.4, 0.5) is 15.8 Å². The Morgan fingerprint density at radius 1 is 1.14 bits per heavy atom. The minimum atomic E-state index is -1.07. The second-order valence-corrected chi connectivity index (χ2v) is 5.68. The van der Waals surface area contributed by atoms with Gasteiger partial charge in [-0.3, -0.25) is 14.9 Å². The number of carbonyl (C=O) groups excluding carboxylic acids is 3. The number of nitrogens with zero attached hydrogens (tertiary/aromatic N) is 1. The lowest BCUT2D eigenvalue weighted by atomic mass is 10.1. The summed E-state index contributed by atoms with van der Waals surface area (Å²) in [5, 5.41) is 13.1. The molecule has 0 radical (unpaired) electrons. The second kappa shape index (κ2) is 8.91. The average Bonchev–Trinajstić information content (AvgIpc) is 2.67. The highest BCUT2D eigenvalue weighted by molar-refractivity contribution is 6.31. The fourth-order valence-electron chi connectivity index (χ4n) is 2.06. The lowest BCUT2D eigenvalue weighted by molar-refractivity contribution is -0.384. The van der Waals surface area contributed by atoms with Gasteiger partial charge in [0.15, 0.2) is 6.61 Å². The minimum Gasteiger partial charge on any atom is -0.465 e. The predicted molar refractivity (Wildman–Crippen MR) is 94.8 cm³/mol. The highest BCUT2D eigenvalue weighted by Gasteiger charge is 2.20. The van der Waals surface area contributed by atoms with E-state index in [-0.39, 0.29) is 21.8 Å². The molecule has 2 aromatic carbocycles. The number of methoxy groups -OCH3 is 1. The van der Waals surface area contributed by atoms with Gasteiger partial charge in [-0.05, 0) is 24.3 Å². The zero-order chi connectivity index (χ0) is 20.8. The van der Waals surface area contributed by atoms with Gasteiger partial charge in [0, 0.05) is 17.8 Å². The number of nitro groups is 1. The smallest absolute Gasteiger partial charge is 0.338 e. The predicted octanol–water partition coefficient (Wildman–Crippen LogP) is 2.97. The molecule has 2 rings (SSSR count). The number of anilines is 1. The quantitative estimate of drug-likeness (QED) is 0.441. The maximum Gasteiger partial charge on any atom is 0.338 e. The molecule has 9 nitrogen and oxygen atoms in total. The number of halogens is 2. The monoisotopic (exact) mass is 410 g/mol. The third-order valence-electron chi connectivity index (χ3n) is 3.32. The normalized spacial score (nSPS) is 10.1. The van der Waals surface area contributed by atoms with Crippen molar-refractivity contribution in [2.45, 2.75) is 0 Å². The van der Waals surface area contributed by atoms with Crippen molar-refractivity contribution in [1.82, 2.24) is 0 Å². The van der Waals surface area contributed by atoms with Gasteiger partial charge in [-0.15, -0.1) is 0 Å². The van der Waals surface area contributed by atoms with Gasteiger partial charge in [-0.25, -0.2) is 14.0 Å². The number of amides is 1. The summed E-state index contributed by atoms with van der Waals surface area (Å²) >= 11 is 5.59. The van der Waals surface area contributed by atoms with Crippen molar-refractivity contribution in [2.75, 3.05) is 19.0 Å². The summed E-state index contributed by atoms with van der Waals surface area (Å²) in [6.45, 7) is -0.732. The molecular weight excluding hydrogens is 399 g/mol. The summed E-state index contributed by atoms with van der Waals surface area (Å²) in [6.07, 6.45) is 0. The van der Waals surface area contributed by atoms with E-state index < -0.39 is 40.9 Å². The lowest BCUT2D eigenvalue weighted by Crippen LogP contribution is -2.21. The number of non-ortho nitro benzene ring substituents is 1. The summed E-state index contributed by atoms with van der Waals surface area (Å²) in [5.41, 5.74) is -0.891. The molecule has 0 bridgehead atoms. The fourth-order valence-corrected chi connectivity index (χ4v) is 2.24. The van der Waals surface area contributed by atoms with Crippen LogP contribution in [0.3, 0.4) is 0 Å². The van der Waals surface area contributed by atoms with Gasteiger partial charge in [0.1, 0.15) is 5.82 Å². The van der Waals surface area contributed by atoms with Gasteiger partial charge in [0.2, 0.25) is 0 Å². The van der Waals surface area contributed by atoms with Crippen molar-refractivity contribution in [1.29, 1.82) is 0 Å². The van der Waals surface area contributed by atoms with Crippen molar-refractivity contribution in [2.24, 2.45) is 0 Å². The first-order valence-corrected chi connectivity index (χ1v) is 7.89. The Morgan fingerprint density at radius 3 is 2.36 bits per heavy atom. The Morgan fingerprint density at radius 2 is 1.79 bits per heavy atom. The van der Waals surface area contributed by atoms with E-state index in [9.17, 15) is 28.9 Å². The standard InChI is InChI=1S/C17H12ClFN2O7/c1-27-16(23)9-4-10(6-12(5-9)21(25)26)17(24)28-8-15(22)20-11-2-3-14(19)13(18)7-11/h2-7H,8H2,1H3,(H,20,22). The molecular formula is C17H12ClFN2O7. The van der Waals surface area contributed by atoms with Crippen molar-refractivity contribution in [3.05, 3.63) is 68.5 Å². The van der Waals surface area contributed by atoms with Crippen LogP contribution in [-0.4, -0.2) is 36.5 Å². The van der Waals surface area contributed by atoms with Crippen LogP contribution in [0.25, 0.3) is 0 Å². The molecule has 1 amide bonds. The Kier molecular flexibility index (Phi) is 6.61. The van der Waals surface area contributed by atoms with Crippen LogP contribution in [0.1, 0.15) is 20.7 Å². The Balaban J connectivity index is 2.08. The summed E-state index contributed by atoms with van der Waals surface area (Å²) < 4.78 is 22.3. The molecule has 11 heteroatoms. The molecule has 0 unspecified atom stereocenters. The van der Waals surface area contributed by atoms with Gasteiger partial charge in [-0.1, -0.05) is 11.6 Å². The number of ether oxygens (including phenoxy) is 2. The highest BCUT2D eigenvalue weighted by atomic mass is 35.5. The first-order valence-electron chi connectivity index (χ1n) is 7.51. The third kappa shape index (κ3) is 5.24. The molecule has 0 aliphatic carbocycles. The SMILES string of the molecule is COC(=O)c1cc(C(=O)OCC(=O)Nc2ccc(F)c(Cl)c2)cc([N+](=O)[O-])c1. The average molecular weight is 411 g/mol. The number of hydrogen-bond acceptors (Lipinski definition) is 7. The van der Waals surface area contributed by atoms with Crippen LogP contribution >= 0.6 is 11.6 Å². The van der Waals surface area contributed by atoms with Crippen LogP contribution in [0.15, 0.2) is 36.4 Å². The number of rotatable bonds is 6. The van der Waals surface area contributed by atoms with Crippen LogP contribution in [0.2, 0.25) is 5.02 Å². The molecule has 1 N–H and O–H groups in total. The van der Waals surface area contributed by atoms with Gasteiger partial charge in [0.05, 0.1) is 28.2 Å². The highest BCUT2D eigenvalue weighted by Crippen LogP contribution is 2.20. The van der Waals surface area contributed by atoms with Crippen LogP contribution in [0, 0.1) is 15.9 Å². The van der Waals surface area contributed by atoms with E-state index in [1.165, 1.54) is 12.1 Å². The molecule has 0 spiro atoms. The first kappa shape index (κ1) is 20.8. The van der Waals surface area contributed by atoms with Crippen molar-refractivity contribution in [3.8, 4) is 0 Å². The minimum absolute atomic E-state index is 0.177. The number of hydrogen-bond donors (Lipinski definition) is 1. The molecule has 0 atom stereocenters. The topological polar surface area (TPSA) is 125 Å². The summed E-state index contributed by atoms with van der Waals surface area (Å²) in [5.74, 6) is -3.38. The van der Waals surface area contributed by atoms with E-state index in [1.807, 2.05) is 0 Å². The Bertz CT molecular complexity index is 965. The molecule has 28 heavy (non-hydrogen) atoms. The Labute approximate surface area is 162 Å². The maximum atomic E-state index is 13.1. The van der Waals surface area contributed by atoms with Gasteiger partial charge in [-0.2, -0.15) is 0 Å². The van der Waals surface area contributed by atoms with Crippen LogP contribution < -0.4 is 5.32 Å². The van der Waals surface area contributed by atoms with Crippen molar-refractivity contribution in [3.63, 3.8) is 0 Å². The largest absolute Gasteiger partial charge is 0.465 e. The zero-order valence-corrected chi connectivity index (χ0v) is 15.0. The number of benzene rings is 2. The molecule has 0 heterocycles. The van der Waals surface area contributed by atoms with E-state index in [0.717, 1.165) is 31.4 Å². The lowest BCUT2D eigenvalue weighted by Gasteiger charge is -2.08. The summed E-state index contributed by atoms with van der Waals surface area (Å²) in [7, 11) is 1.07. The molecule has 146 valence electrons. The molecule has 0 aliphatic heterocycles. The van der Waals surface area contributed by atoms with Gasteiger partial charge < -0.3 is 14.8 Å². The van der Waals surface area contributed by atoms with Crippen molar-refractivity contribution >= 4 is 40.8 Å². The van der Waals surface area contributed by atoms with E-state index >= 15 is 0 Å². The van der Waals surface area contributed by atoms with E-state index in [4.69, 9.17) is 16.3 Å². The third-order valence-corrected chi connectivity index (χ3v) is 3.61. The molecule has 0 aromatic heterocycles. The van der Waals surface area contributed by atoms with Crippen LogP contribution in [0.5, 0.6) is 0 Å². The van der Waals surface area contributed by atoms with Crippen LogP contribution in [-0.2, 0) is 14.3 Å². The van der Waals surface area contributed by atoms with E-state index in [2.05, 4.69) is 10.1 Å². The summed E-state index contributed by atoms with van der Waals surface area (Å²) in [4.78, 5) is 45.7.